The zero-order valence-electron chi connectivity index (χ0n) is 11.0. The van der Waals surface area contributed by atoms with Gasteiger partial charge in [-0.25, -0.2) is 0 Å². The molecule has 4 heteroatoms. The standard InChI is InChI=1S/C15H18N2O2/c1-10(18)6-7-14-16-15(17-19-14)13-8-11-4-2-3-5-12(11)9-13/h2-5,10,13,18H,6-9H2,1H3. The molecule has 0 aliphatic heterocycles. The first-order chi connectivity index (χ1) is 9.22. The fourth-order valence-electron chi connectivity index (χ4n) is 2.61. The molecule has 0 amide bonds. The smallest absolute Gasteiger partial charge is 0.226 e. The van der Waals surface area contributed by atoms with Crippen LogP contribution in [0.3, 0.4) is 0 Å². The van der Waals surface area contributed by atoms with Crippen molar-refractivity contribution in [3.8, 4) is 0 Å². The summed E-state index contributed by atoms with van der Waals surface area (Å²) >= 11 is 0. The molecule has 1 N–H and O–H groups in total. The van der Waals surface area contributed by atoms with Crippen molar-refractivity contribution in [2.45, 2.75) is 44.6 Å². The van der Waals surface area contributed by atoms with Crippen molar-refractivity contribution in [1.82, 2.24) is 10.1 Å². The van der Waals surface area contributed by atoms with Gasteiger partial charge in [0.2, 0.25) is 5.89 Å². The Balaban J connectivity index is 1.68. The zero-order chi connectivity index (χ0) is 13.2. The number of aliphatic hydroxyl groups is 1. The minimum absolute atomic E-state index is 0.328. The highest BCUT2D eigenvalue weighted by Gasteiger charge is 2.26. The van der Waals surface area contributed by atoms with Gasteiger partial charge in [-0.1, -0.05) is 29.4 Å². The summed E-state index contributed by atoms with van der Waals surface area (Å²) in [5, 5.41) is 13.4. The summed E-state index contributed by atoms with van der Waals surface area (Å²) in [6, 6.07) is 8.49. The maximum atomic E-state index is 9.26. The molecule has 1 atom stereocenters. The fourth-order valence-corrected chi connectivity index (χ4v) is 2.61. The van der Waals surface area contributed by atoms with Crippen molar-refractivity contribution in [2.24, 2.45) is 0 Å². The van der Waals surface area contributed by atoms with Crippen molar-refractivity contribution < 1.29 is 9.63 Å². The largest absolute Gasteiger partial charge is 0.393 e. The van der Waals surface area contributed by atoms with Gasteiger partial charge in [0.15, 0.2) is 5.82 Å². The van der Waals surface area contributed by atoms with E-state index in [2.05, 4.69) is 34.4 Å². The number of fused-ring (bicyclic) bond motifs is 1. The van der Waals surface area contributed by atoms with E-state index in [1.54, 1.807) is 6.92 Å². The lowest BCUT2D eigenvalue weighted by molar-refractivity contribution is 0.180. The van der Waals surface area contributed by atoms with E-state index in [0.29, 0.717) is 24.7 Å². The van der Waals surface area contributed by atoms with Gasteiger partial charge in [0.25, 0.3) is 0 Å². The number of nitrogens with zero attached hydrogens (tertiary/aromatic N) is 2. The highest BCUT2D eigenvalue weighted by atomic mass is 16.5. The summed E-state index contributed by atoms with van der Waals surface area (Å²) < 4.78 is 5.25. The van der Waals surface area contributed by atoms with E-state index in [1.165, 1.54) is 11.1 Å². The highest BCUT2D eigenvalue weighted by Crippen LogP contribution is 2.32. The van der Waals surface area contributed by atoms with E-state index in [4.69, 9.17) is 4.52 Å². The molecule has 0 saturated carbocycles. The Morgan fingerprint density at radius 3 is 2.63 bits per heavy atom. The van der Waals surface area contributed by atoms with Crippen LogP contribution in [0.5, 0.6) is 0 Å². The SMILES string of the molecule is CC(O)CCc1nc(C2Cc3ccccc3C2)no1. The lowest BCUT2D eigenvalue weighted by Crippen LogP contribution is -2.03. The average molecular weight is 258 g/mol. The van der Waals surface area contributed by atoms with Gasteiger partial charge in [-0.2, -0.15) is 4.98 Å². The maximum absolute atomic E-state index is 9.26. The topological polar surface area (TPSA) is 59.2 Å². The quantitative estimate of drug-likeness (QED) is 0.914. The molecule has 3 rings (SSSR count). The Labute approximate surface area is 112 Å². The van der Waals surface area contributed by atoms with Crippen LogP contribution in [-0.4, -0.2) is 21.4 Å². The predicted octanol–water partition coefficient (Wildman–Crippen LogP) is 2.27. The van der Waals surface area contributed by atoms with Crippen molar-refractivity contribution in [3.05, 3.63) is 47.1 Å². The molecule has 1 unspecified atom stereocenters. The third-order valence-corrected chi connectivity index (χ3v) is 3.68. The van der Waals surface area contributed by atoms with Crippen LogP contribution < -0.4 is 0 Å². The summed E-state index contributed by atoms with van der Waals surface area (Å²) in [5.41, 5.74) is 2.78. The lowest BCUT2D eigenvalue weighted by Gasteiger charge is -2.01. The van der Waals surface area contributed by atoms with Gasteiger partial charge in [0, 0.05) is 12.3 Å². The third-order valence-electron chi connectivity index (χ3n) is 3.68. The van der Waals surface area contributed by atoms with E-state index in [1.807, 2.05) is 0 Å². The number of benzene rings is 1. The molecule has 1 aliphatic carbocycles. The van der Waals surface area contributed by atoms with E-state index in [-0.39, 0.29) is 6.10 Å². The van der Waals surface area contributed by atoms with Gasteiger partial charge in [-0.05, 0) is 37.3 Å². The molecule has 1 aromatic heterocycles. The van der Waals surface area contributed by atoms with E-state index >= 15 is 0 Å². The minimum atomic E-state index is -0.328. The van der Waals surface area contributed by atoms with E-state index < -0.39 is 0 Å². The van der Waals surface area contributed by atoms with Crippen LogP contribution >= 0.6 is 0 Å². The predicted molar refractivity (Wildman–Crippen MR) is 70.9 cm³/mol. The first kappa shape index (κ1) is 12.4. The normalized spacial score (nSPS) is 16.5. The van der Waals surface area contributed by atoms with Crippen LogP contribution in [0.1, 0.15) is 42.1 Å². The second-order valence-electron chi connectivity index (χ2n) is 5.31. The molecule has 100 valence electrons. The van der Waals surface area contributed by atoms with E-state index in [9.17, 15) is 5.11 Å². The number of aromatic nitrogens is 2. The van der Waals surface area contributed by atoms with Crippen molar-refractivity contribution in [3.63, 3.8) is 0 Å². The Bertz CT molecular complexity index is 538. The molecule has 1 aliphatic rings. The minimum Gasteiger partial charge on any atom is -0.393 e. The number of rotatable bonds is 4. The molecule has 1 heterocycles. The van der Waals surface area contributed by atoms with Gasteiger partial charge >= 0.3 is 0 Å². The van der Waals surface area contributed by atoms with Crippen molar-refractivity contribution >= 4 is 0 Å². The van der Waals surface area contributed by atoms with Gasteiger partial charge < -0.3 is 9.63 Å². The molecule has 0 radical (unpaired) electrons. The molecule has 4 nitrogen and oxygen atoms in total. The average Bonchev–Trinajstić information content (AvgIpc) is 3.02. The lowest BCUT2D eigenvalue weighted by atomic mass is 10.1. The first-order valence-electron chi connectivity index (χ1n) is 6.79. The van der Waals surface area contributed by atoms with Crippen LogP contribution in [0.4, 0.5) is 0 Å². The van der Waals surface area contributed by atoms with Gasteiger partial charge in [0.1, 0.15) is 0 Å². The Kier molecular flexibility index (Phi) is 3.34. The summed E-state index contributed by atoms with van der Waals surface area (Å²) in [6.45, 7) is 1.77. The van der Waals surface area contributed by atoms with Crippen LogP contribution in [0.15, 0.2) is 28.8 Å². The van der Waals surface area contributed by atoms with Crippen molar-refractivity contribution in [2.75, 3.05) is 0 Å². The Morgan fingerprint density at radius 1 is 1.32 bits per heavy atom. The van der Waals surface area contributed by atoms with Gasteiger partial charge in [-0.15, -0.1) is 0 Å². The molecule has 0 spiro atoms. The Hall–Kier alpha value is -1.68. The fraction of sp³-hybridized carbons (Fsp3) is 0.467. The van der Waals surface area contributed by atoms with Gasteiger partial charge in [0.05, 0.1) is 6.10 Å². The van der Waals surface area contributed by atoms with Crippen LogP contribution in [0.25, 0.3) is 0 Å². The molecule has 0 saturated heterocycles. The number of hydrogen-bond donors (Lipinski definition) is 1. The van der Waals surface area contributed by atoms with Crippen LogP contribution in [-0.2, 0) is 19.3 Å². The number of aliphatic hydroxyl groups excluding tert-OH is 1. The second-order valence-corrected chi connectivity index (χ2v) is 5.31. The maximum Gasteiger partial charge on any atom is 0.226 e. The molecule has 0 bridgehead atoms. The molecular weight excluding hydrogens is 240 g/mol. The molecule has 1 aromatic carbocycles. The summed E-state index contributed by atoms with van der Waals surface area (Å²) in [7, 11) is 0. The third kappa shape index (κ3) is 2.68. The highest BCUT2D eigenvalue weighted by molar-refractivity contribution is 5.34. The number of aryl methyl sites for hydroxylation is 1. The first-order valence-corrected chi connectivity index (χ1v) is 6.79. The molecule has 2 aromatic rings. The monoisotopic (exact) mass is 258 g/mol. The zero-order valence-corrected chi connectivity index (χ0v) is 11.0. The molecule has 0 fully saturated rings. The molecular formula is C15H18N2O2. The van der Waals surface area contributed by atoms with E-state index in [0.717, 1.165) is 18.7 Å². The van der Waals surface area contributed by atoms with Crippen molar-refractivity contribution in [1.29, 1.82) is 0 Å². The second kappa shape index (κ2) is 5.13. The number of hydrogen-bond acceptors (Lipinski definition) is 4. The summed E-state index contributed by atoms with van der Waals surface area (Å²) in [6.07, 6.45) is 2.96. The van der Waals surface area contributed by atoms with Crippen LogP contribution in [0, 0.1) is 0 Å². The molecule has 19 heavy (non-hydrogen) atoms. The summed E-state index contributed by atoms with van der Waals surface area (Å²) in [4.78, 5) is 4.46. The van der Waals surface area contributed by atoms with Gasteiger partial charge in [-0.3, -0.25) is 0 Å². The Morgan fingerprint density at radius 2 is 2.00 bits per heavy atom. The summed E-state index contributed by atoms with van der Waals surface area (Å²) in [5.74, 6) is 1.77. The van der Waals surface area contributed by atoms with Crippen LogP contribution in [0.2, 0.25) is 0 Å².